The molecule has 3 heterocycles. The van der Waals surface area contributed by atoms with Crippen molar-refractivity contribution in [2.75, 3.05) is 19.6 Å². The van der Waals surface area contributed by atoms with Gasteiger partial charge >= 0.3 is 0 Å². The lowest BCUT2D eigenvalue weighted by Gasteiger charge is -2.41. The third-order valence-corrected chi connectivity index (χ3v) is 8.34. The van der Waals surface area contributed by atoms with Crippen LogP contribution in [0.2, 0.25) is 5.15 Å². The summed E-state index contributed by atoms with van der Waals surface area (Å²) in [6.45, 7) is 9.25. The van der Waals surface area contributed by atoms with Gasteiger partial charge in [0.25, 0.3) is 5.91 Å². The molecule has 2 aromatic rings. The number of aromatic nitrogens is 1. The molecule has 1 saturated heterocycles. The second-order valence-corrected chi connectivity index (χ2v) is 11.4. The highest BCUT2D eigenvalue weighted by molar-refractivity contribution is 7.07. The molecule has 8 heteroatoms. The number of hydrogen-bond donors (Lipinski definition) is 1. The fraction of sp³-hybridized carbons (Fsp3) is 0.593. The van der Waals surface area contributed by atoms with Gasteiger partial charge in [0.2, 0.25) is 5.91 Å². The van der Waals surface area contributed by atoms with Gasteiger partial charge in [-0.15, -0.1) is 0 Å². The van der Waals surface area contributed by atoms with Gasteiger partial charge in [0.15, 0.2) is 0 Å². The van der Waals surface area contributed by atoms with Crippen LogP contribution in [0.15, 0.2) is 22.9 Å². The molecule has 2 fully saturated rings. The number of halogens is 1. The second kappa shape index (κ2) is 11.8. The normalized spacial score (nSPS) is 17.8. The van der Waals surface area contributed by atoms with Crippen LogP contribution in [0.25, 0.3) is 0 Å². The maximum absolute atomic E-state index is 13.1. The Bertz CT molecular complexity index is 993. The maximum Gasteiger partial charge on any atom is 0.253 e. The summed E-state index contributed by atoms with van der Waals surface area (Å²) in [5, 5.41) is 7.72. The molecule has 0 bridgehead atoms. The predicted octanol–water partition coefficient (Wildman–Crippen LogP) is 5.22. The van der Waals surface area contributed by atoms with E-state index in [1.54, 1.807) is 17.4 Å². The number of nitrogens with one attached hydrogen (secondary N) is 1. The fourth-order valence-corrected chi connectivity index (χ4v) is 6.07. The zero-order valence-corrected chi connectivity index (χ0v) is 22.6. The molecule has 2 aromatic heterocycles. The molecule has 4 rings (SSSR count). The van der Waals surface area contributed by atoms with Crippen LogP contribution in [0.5, 0.6) is 0 Å². The van der Waals surface area contributed by atoms with Gasteiger partial charge in [-0.05, 0) is 92.8 Å². The van der Waals surface area contributed by atoms with E-state index in [1.807, 2.05) is 13.8 Å². The zero-order chi connectivity index (χ0) is 24.9. The van der Waals surface area contributed by atoms with E-state index in [0.717, 1.165) is 44.5 Å². The summed E-state index contributed by atoms with van der Waals surface area (Å²) in [5.74, 6) is 0.850. The molecule has 35 heavy (non-hydrogen) atoms. The Morgan fingerprint density at radius 2 is 2.00 bits per heavy atom. The SMILES string of the molecule is Cc1cc(Cl)nc(C)c1C(=O)NCCC(C)N1CCC(N(Cc2ccsc2)C(=O)CC2CC2)CC1. The minimum absolute atomic E-state index is 0.0895. The minimum atomic E-state index is -0.0895. The molecule has 6 nitrogen and oxygen atoms in total. The number of aryl methyl sites for hydroxylation is 2. The highest BCUT2D eigenvalue weighted by atomic mass is 35.5. The van der Waals surface area contributed by atoms with Gasteiger partial charge in [0.1, 0.15) is 5.15 Å². The van der Waals surface area contributed by atoms with Crippen molar-refractivity contribution in [3.05, 3.63) is 50.4 Å². The first kappa shape index (κ1) is 26.1. The Hall–Kier alpha value is -1.96. The van der Waals surface area contributed by atoms with Crippen LogP contribution < -0.4 is 5.32 Å². The molecule has 1 atom stereocenters. The number of amides is 2. The number of thiophene rings is 1. The first-order valence-electron chi connectivity index (χ1n) is 12.8. The fourth-order valence-electron chi connectivity index (χ4n) is 5.12. The number of hydrogen-bond acceptors (Lipinski definition) is 5. The predicted molar refractivity (Wildman–Crippen MR) is 142 cm³/mol. The molecule has 1 saturated carbocycles. The number of likely N-dealkylation sites (tertiary alicyclic amines) is 1. The first-order valence-corrected chi connectivity index (χ1v) is 14.1. The first-order chi connectivity index (χ1) is 16.8. The van der Waals surface area contributed by atoms with Gasteiger partial charge in [-0.3, -0.25) is 9.59 Å². The van der Waals surface area contributed by atoms with Gasteiger partial charge < -0.3 is 15.1 Å². The second-order valence-electron chi connectivity index (χ2n) is 10.2. The molecule has 2 amide bonds. The lowest BCUT2D eigenvalue weighted by molar-refractivity contribution is -0.135. The lowest BCUT2D eigenvalue weighted by atomic mass is 9.99. The number of nitrogens with zero attached hydrogens (tertiary/aromatic N) is 3. The van der Waals surface area contributed by atoms with Gasteiger partial charge in [0.05, 0.1) is 11.3 Å². The minimum Gasteiger partial charge on any atom is -0.352 e. The summed E-state index contributed by atoms with van der Waals surface area (Å²) in [6, 6.07) is 4.55. The highest BCUT2D eigenvalue weighted by Gasteiger charge is 2.33. The molecule has 1 aliphatic heterocycles. The van der Waals surface area contributed by atoms with E-state index in [9.17, 15) is 9.59 Å². The van der Waals surface area contributed by atoms with Crippen molar-refractivity contribution in [2.45, 2.75) is 77.9 Å². The van der Waals surface area contributed by atoms with Crippen LogP contribution in [0.4, 0.5) is 0 Å². The third kappa shape index (κ3) is 7.05. The largest absolute Gasteiger partial charge is 0.352 e. The summed E-state index contributed by atoms with van der Waals surface area (Å²) in [4.78, 5) is 34.7. The van der Waals surface area contributed by atoms with Crippen molar-refractivity contribution >= 4 is 34.8 Å². The van der Waals surface area contributed by atoms with Crippen LogP contribution >= 0.6 is 22.9 Å². The summed E-state index contributed by atoms with van der Waals surface area (Å²) in [7, 11) is 0. The third-order valence-electron chi connectivity index (χ3n) is 7.42. The Morgan fingerprint density at radius 1 is 1.26 bits per heavy atom. The summed E-state index contributed by atoms with van der Waals surface area (Å²) >= 11 is 7.69. The van der Waals surface area contributed by atoms with Crippen LogP contribution in [-0.2, 0) is 11.3 Å². The van der Waals surface area contributed by atoms with E-state index in [-0.39, 0.29) is 5.91 Å². The van der Waals surface area contributed by atoms with Gasteiger partial charge in [-0.25, -0.2) is 4.98 Å². The number of piperidine rings is 1. The summed E-state index contributed by atoms with van der Waals surface area (Å²) < 4.78 is 0. The molecular formula is C27H37ClN4O2S. The van der Waals surface area contributed by atoms with E-state index >= 15 is 0 Å². The highest BCUT2D eigenvalue weighted by Crippen LogP contribution is 2.34. The summed E-state index contributed by atoms with van der Waals surface area (Å²) in [6.07, 6.45) is 6.02. The van der Waals surface area contributed by atoms with Gasteiger partial charge in [0, 0.05) is 44.7 Å². The van der Waals surface area contributed by atoms with Crippen molar-refractivity contribution in [2.24, 2.45) is 5.92 Å². The quantitative estimate of drug-likeness (QED) is 0.440. The zero-order valence-electron chi connectivity index (χ0n) is 21.1. The standard InChI is InChI=1S/C27H37ClN4O2S/c1-18-14-24(28)30-20(3)26(18)27(34)29-10-6-19(2)31-11-7-23(8-12-31)32(16-22-9-13-35-17-22)25(33)15-21-4-5-21/h9,13-14,17,19,21,23H,4-8,10-12,15-16H2,1-3H3,(H,29,34). The van der Waals surface area contributed by atoms with E-state index in [2.05, 4.69) is 43.9 Å². The lowest BCUT2D eigenvalue weighted by Crippen LogP contribution is -2.49. The molecule has 190 valence electrons. The van der Waals surface area contributed by atoms with E-state index < -0.39 is 0 Å². The Kier molecular flexibility index (Phi) is 8.84. The van der Waals surface area contributed by atoms with E-state index in [4.69, 9.17) is 11.6 Å². The topological polar surface area (TPSA) is 65.5 Å². The molecule has 0 spiro atoms. The van der Waals surface area contributed by atoms with Gasteiger partial charge in [-0.1, -0.05) is 11.6 Å². The maximum atomic E-state index is 13.1. The number of carbonyl (C=O) groups excluding carboxylic acids is 2. The van der Waals surface area contributed by atoms with Crippen molar-refractivity contribution in [3.63, 3.8) is 0 Å². The molecular weight excluding hydrogens is 480 g/mol. The van der Waals surface area contributed by atoms with Crippen molar-refractivity contribution < 1.29 is 9.59 Å². The monoisotopic (exact) mass is 516 g/mol. The van der Waals surface area contributed by atoms with Crippen molar-refractivity contribution in [1.29, 1.82) is 0 Å². The van der Waals surface area contributed by atoms with Crippen LogP contribution in [-0.4, -0.2) is 58.3 Å². The van der Waals surface area contributed by atoms with Gasteiger partial charge in [-0.2, -0.15) is 11.3 Å². The summed E-state index contributed by atoms with van der Waals surface area (Å²) in [5.41, 5.74) is 3.36. The smallest absolute Gasteiger partial charge is 0.253 e. The van der Waals surface area contributed by atoms with Crippen molar-refractivity contribution in [3.8, 4) is 0 Å². The average Bonchev–Trinajstić information content (AvgIpc) is 3.47. The van der Waals surface area contributed by atoms with Crippen LogP contribution in [0.3, 0.4) is 0 Å². The number of rotatable bonds is 10. The Labute approximate surface area is 218 Å². The van der Waals surface area contributed by atoms with Crippen LogP contribution in [0, 0.1) is 19.8 Å². The Morgan fingerprint density at radius 3 is 2.63 bits per heavy atom. The number of pyridine rings is 1. The molecule has 1 N–H and O–H groups in total. The molecule has 2 aliphatic rings. The van der Waals surface area contributed by atoms with E-state index in [0.29, 0.717) is 53.3 Å². The molecule has 0 radical (unpaired) electrons. The van der Waals surface area contributed by atoms with E-state index in [1.165, 1.54) is 18.4 Å². The molecule has 1 unspecified atom stereocenters. The molecule has 0 aromatic carbocycles. The Balaban J connectivity index is 1.25. The van der Waals surface area contributed by atoms with Crippen LogP contribution in [0.1, 0.15) is 72.6 Å². The van der Waals surface area contributed by atoms with Crippen molar-refractivity contribution in [1.82, 2.24) is 20.1 Å². The number of carbonyl (C=O) groups is 2. The molecule has 1 aliphatic carbocycles. The average molecular weight is 517 g/mol.